The lowest BCUT2D eigenvalue weighted by Crippen LogP contribution is -2.34. The van der Waals surface area contributed by atoms with Gasteiger partial charge in [-0.1, -0.05) is 19.9 Å². The van der Waals surface area contributed by atoms with Gasteiger partial charge in [-0.2, -0.15) is 0 Å². The van der Waals surface area contributed by atoms with E-state index < -0.39 is 0 Å². The molecule has 0 saturated heterocycles. The van der Waals surface area contributed by atoms with Crippen molar-refractivity contribution in [1.82, 2.24) is 0 Å². The van der Waals surface area contributed by atoms with E-state index in [2.05, 4.69) is 6.58 Å². The van der Waals surface area contributed by atoms with Gasteiger partial charge in [0.15, 0.2) is 0 Å². The summed E-state index contributed by atoms with van der Waals surface area (Å²) in [6.07, 6.45) is 2.19. The predicted octanol–water partition coefficient (Wildman–Crippen LogP) is 2.02. The number of ether oxygens (including phenoxy) is 2. The molecule has 3 nitrogen and oxygen atoms in total. The summed E-state index contributed by atoms with van der Waals surface area (Å²) in [7, 11) is 3.01. The largest absolute Gasteiger partial charge is 0.469 e. The number of hydrogen-bond donors (Lipinski definition) is 0. The Balaban J connectivity index is 4.58. The first-order valence-corrected chi connectivity index (χ1v) is 4.80. The zero-order chi connectivity index (χ0) is 11.1. The van der Waals surface area contributed by atoms with E-state index in [-0.39, 0.29) is 23.9 Å². The normalized spacial score (nSPS) is 14.9. The molecule has 0 radical (unpaired) electrons. The third-order valence-corrected chi connectivity index (χ3v) is 2.25. The molecule has 0 bridgehead atoms. The van der Waals surface area contributed by atoms with Crippen LogP contribution in [0.1, 0.15) is 20.3 Å². The van der Waals surface area contributed by atoms with Crippen molar-refractivity contribution >= 4 is 5.97 Å². The first-order valence-electron chi connectivity index (χ1n) is 4.80. The van der Waals surface area contributed by atoms with Crippen LogP contribution in [0, 0.1) is 11.8 Å². The van der Waals surface area contributed by atoms with E-state index in [1.54, 1.807) is 13.2 Å². The maximum absolute atomic E-state index is 11.5. The standard InChI is InChI=1S/C11H20O3/c1-6-7-9(11(12)14-5)10(13-4)8(2)3/h6,8-10H,1,7H2,2-5H3/t9-,10+/m0/s1. The van der Waals surface area contributed by atoms with Crippen molar-refractivity contribution < 1.29 is 14.3 Å². The average Bonchev–Trinajstić information content (AvgIpc) is 2.16. The third-order valence-electron chi connectivity index (χ3n) is 2.25. The quantitative estimate of drug-likeness (QED) is 0.486. The van der Waals surface area contributed by atoms with E-state index in [9.17, 15) is 4.79 Å². The molecule has 14 heavy (non-hydrogen) atoms. The van der Waals surface area contributed by atoms with Gasteiger partial charge in [0.1, 0.15) is 0 Å². The van der Waals surface area contributed by atoms with Crippen molar-refractivity contribution in [2.24, 2.45) is 11.8 Å². The molecule has 0 aliphatic carbocycles. The fourth-order valence-corrected chi connectivity index (χ4v) is 1.60. The van der Waals surface area contributed by atoms with Crippen molar-refractivity contribution in [3.05, 3.63) is 12.7 Å². The highest BCUT2D eigenvalue weighted by Crippen LogP contribution is 2.21. The Labute approximate surface area is 86.1 Å². The summed E-state index contributed by atoms with van der Waals surface area (Å²) in [5.41, 5.74) is 0. The first kappa shape index (κ1) is 13.2. The van der Waals surface area contributed by atoms with Crippen LogP contribution in [0.3, 0.4) is 0 Å². The number of carbonyl (C=O) groups excluding carboxylic acids is 1. The van der Waals surface area contributed by atoms with Crippen LogP contribution >= 0.6 is 0 Å². The van der Waals surface area contributed by atoms with Gasteiger partial charge < -0.3 is 9.47 Å². The van der Waals surface area contributed by atoms with Crippen molar-refractivity contribution in [3.63, 3.8) is 0 Å². The second-order valence-corrected chi connectivity index (χ2v) is 3.60. The number of esters is 1. The molecule has 0 spiro atoms. The lowest BCUT2D eigenvalue weighted by atomic mass is 9.90. The highest BCUT2D eigenvalue weighted by Gasteiger charge is 2.30. The van der Waals surface area contributed by atoms with Gasteiger partial charge in [0.05, 0.1) is 19.1 Å². The molecule has 0 N–H and O–H groups in total. The molecule has 0 aromatic rings. The molecule has 2 atom stereocenters. The van der Waals surface area contributed by atoms with Crippen LogP contribution in [0.25, 0.3) is 0 Å². The molecule has 0 rings (SSSR count). The second-order valence-electron chi connectivity index (χ2n) is 3.60. The molecule has 0 aliphatic rings. The summed E-state index contributed by atoms with van der Waals surface area (Å²) >= 11 is 0. The Morgan fingerprint density at radius 1 is 1.43 bits per heavy atom. The summed E-state index contributed by atoms with van der Waals surface area (Å²) in [4.78, 5) is 11.5. The molecule has 0 heterocycles. The molecule has 0 aromatic heterocycles. The predicted molar refractivity (Wildman–Crippen MR) is 56.0 cm³/mol. The van der Waals surface area contributed by atoms with Crippen molar-refractivity contribution in [1.29, 1.82) is 0 Å². The topological polar surface area (TPSA) is 35.5 Å². The van der Waals surface area contributed by atoms with Gasteiger partial charge in [0.25, 0.3) is 0 Å². The molecule has 3 heteroatoms. The van der Waals surface area contributed by atoms with Gasteiger partial charge in [-0.05, 0) is 12.3 Å². The van der Waals surface area contributed by atoms with Gasteiger partial charge in [0, 0.05) is 7.11 Å². The minimum atomic E-state index is -0.248. The molecule has 0 amide bonds. The molecule has 0 fully saturated rings. The Kier molecular flexibility index (Phi) is 6.21. The van der Waals surface area contributed by atoms with Gasteiger partial charge >= 0.3 is 5.97 Å². The maximum atomic E-state index is 11.5. The summed E-state index contributed by atoms with van der Waals surface area (Å²) in [5, 5.41) is 0. The highest BCUT2D eigenvalue weighted by atomic mass is 16.5. The van der Waals surface area contributed by atoms with Crippen LogP contribution in [0.5, 0.6) is 0 Å². The van der Waals surface area contributed by atoms with Crippen LogP contribution in [0.15, 0.2) is 12.7 Å². The molecular formula is C11H20O3. The first-order chi connectivity index (χ1) is 6.58. The minimum absolute atomic E-state index is 0.111. The Morgan fingerprint density at radius 2 is 2.00 bits per heavy atom. The number of methoxy groups -OCH3 is 2. The lowest BCUT2D eigenvalue weighted by molar-refractivity contribution is -0.151. The molecule has 0 unspecified atom stereocenters. The molecular weight excluding hydrogens is 180 g/mol. The van der Waals surface area contributed by atoms with E-state index in [1.165, 1.54) is 7.11 Å². The fourth-order valence-electron chi connectivity index (χ4n) is 1.60. The minimum Gasteiger partial charge on any atom is -0.469 e. The van der Waals surface area contributed by atoms with Gasteiger partial charge in [0.2, 0.25) is 0 Å². The highest BCUT2D eigenvalue weighted by molar-refractivity contribution is 5.73. The summed E-state index contributed by atoms with van der Waals surface area (Å²) in [6, 6.07) is 0. The second kappa shape index (κ2) is 6.60. The van der Waals surface area contributed by atoms with Crippen LogP contribution in [-0.2, 0) is 14.3 Å². The maximum Gasteiger partial charge on any atom is 0.311 e. The van der Waals surface area contributed by atoms with Crippen molar-refractivity contribution in [3.8, 4) is 0 Å². The molecule has 0 aliphatic heterocycles. The molecule has 82 valence electrons. The van der Waals surface area contributed by atoms with Crippen molar-refractivity contribution in [2.75, 3.05) is 14.2 Å². The van der Waals surface area contributed by atoms with Gasteiger partial charge in [-0.15, -0.1) is 6.58 Å². The number of rotatable bonds is 6. The Bertz CT molecular complexity index is 187. The summed E-state index contributed by atoms with van der Waals surface area (Å²) in [5.74, 6) is -0.197. The zero-order valence-corrected chi connectivity index (χ0v) is 9.45. The van der Waals surface area contributed by atoms with E-state index in [1.807, 2.05) is 13.8 Å². The summed E-state index contributed by atoms with van der Waals surface area (Å²) in [6.45, 7) is 7.67. The Hall–Kier alpha value is -0.830. The van der Waals surface area contributed by atoms with E-state index in [0.717, 1.165) is 0 Å². The van der Waals surface area contributed by atoms with Crippen LogP contribution < -0.4 is 0 Å². The van der Waals surface area contributed by atoms with E-state index >= 15 is 0 Å². The number of hydrogen-bond acceptors (Lipinski definition) is 3. The molecule has 0 saturated carbocycles. The van der Waals surface area contributed by atoms with E-state index in [0.29, 0.717) is 6.42 Å². The lowest BCUT2D eigenvalue weighted by Gasteiger charge is -2.26. The Morgan fingerprint density at radius 3 is 2.29 bits per heavy atom. The fraction of sp³-hybridized carbons (Fsp3) is 0.727. The van der Waals surface area contributed by atoms with Gasteiger partial charge in [-0.25, -0.2) is 0 Å². The average molecular weight is 200 g/mol. The van der Waals surface area contributed by atoms with Crippen LogP contribution in [0.4, 0.5) is 0 Å². The SMILES string of the molecule is C=CC[C@H](C(=O)OC)[C@H](OC)C(C)C. The van der Waals surface area contributed by atoms with E-state index in [4.69, 9.17) is 9.47 Å². The van der Waals surface area contributed by atoms with Gasteiger partial charge in [-0.3, -0.25) is 4.79 Å². The number of carbonyl (C=O) groups is 1. The van der Waals surface area contributed by atoms with Crippen molar-refractivity contribution in [2.45, 2.75) is 26.4 Å². The molecule has 0 aromatic carbocycles. The zero-order valence-electron chi connectivity index (χ0n) is 9.45. The van der Waals surface area contributed by atoms with Crippen LogP contribution in [0.2, 0.25) is 0 Å². The van der Waals surface area contributed by atoms with Crippen LogP contribution in [-0.4, -0.2) is 26.3 Å². The smallest absolute Gasteiger partial charge is 0.311 e. The summed E-state index contributed by atoms with van der Waals surface area (Å²) < 4.78 is 10.0. The monoisotopic (exact) mass is 200 g/mol. The number of allylic oxidation sites excluding steroid dienone is 1. The third kappa shape index (κ3) is 3.50.